The maximum atomic E-state index is 12.6. The summed E-state index contributed by atoms with van der Waals surface area (Å²) in [6.45, 7) is 4.37. The van der Waals surface area contributed by atoms with Crippen LogP contribution < -0.4 is 14.4 Å². The Morgan fingerprint density at radius 3 is 2.42 bits per heavy atom. The molecule has 26 heavy (non-hydrogen) atoms. The first-order valence-electron chi connectivity index (χ1n) is 8.40. The van der Waals surface area contributed by atoms with Crippen LogP contribution in [-0.4, -0.2) is 28.0 Å². The van der Waals surface area contributed by atoms with Gasteiger partial charge in [-0.15, -0.1) is 0 Å². The van der Waals surface area contributed by atoms with Gasteiger partial charge in [0.2, 0.25) is 5.91 Å². The normalized spacial score (nSPS) is 14.6. The molecule has 2 aromatic carbocycles. The predicted octanol–water partition coefficient (Wildman–Crippen LogP) is 3.24. The van der Waals surface area contributed by atoms with Crippen molar-refractivity contribution >= 4 is 27.3 Å². The molecule has 0 spiro atoms. The second kappa shape index (κ2) is 6.99. The van der Waals surface area contributed by atoms with Crippen molar-refractivity contribution in [1.82, 2.24) is 0 Å². The Kier molecular flexibility index (Phi) is 4.91. The first-order valence-corrected chi connectivity index (χ1v) is 9.88. The highest BCUT2D eigenvalue weighted by Gasteiger charge is 2.23. The van der Waals surface area contributed by atoms with Crippen molar-refractivity contribution in [3.63, 3.8) is 0 Å². The van der Waals surface area contributed by atoms with Gasteiger partial charge < -0.3 is 9.64 Å². The molecule has 3 rings (SSSR count). The van der Waals surface area contributed by atoms with E-state index in [2.05, 4.69) is 4.72 Å². The van der Waals surface area contributed by atoms with Gasteiger partial charge in [-0.05, 0) is 67.8 Å². The van der Waals surface area contributed by atoms with Crippen molar-refractivity contribution < 1.29 is 17.9 Å². The third kappa shape index (κ3) is 3.53. The van der Waals surface area contributed by atoms with Gasteiger partial charge in [0, 0.05) is 24.3 Å². The number of benzene rings is 2. The van der Waals surface area contributed by atoms with Crippen molar-refractivity contribution in [1.29, 1.82) is 0 Å². The number of carbonyl (C=O) groups is 1. The molecule has 1 fully saturated rings. The van der Waals surface area contributed by atoms with Crippen molar-refractivity contribution in [3.8, 4) is 5.75 Å². The summed E-state index contributed by atoms with van der Waals surface area (Å²) >= 11 is 0. The second-order valence-electron chi connectivity index (χ2n) is 6.39. The quantitative estimate of drug-likeness (QED) is 0.872. The lowest BCUT2D eigenvalue weighted by Gasteiger charge is -2.19. The van der Waals surface area contributed by atoms with Crippen LogP contribution in [-0.2, 0) is 14.8 Å². The van der Waals surface area contributed by atoms with E-state index >= 15 is 0 Å². The lowest BCUT2D eigenvalue weighted by Crippen LogP contribution is -2.24. The van der Waals surface area contributed by atoms with Crippen LogP contribution in [0.2, 0.25) is 0 Å². The smallest absolute Gasteiger partial charge is 0.261 e. The minimum Gasteiger partial charge on any atom is -0.496 e. The summed E-state index contributed by atoms with van der Waals surface area (Å²) in [7, 11) is -2.16. The van der Waals surface area contributed by atoms with Crippen molar-refractivity contribution in [2.24, 2.45) is 0 Å². The number of ether oxygens (including phenoxy) is 1. The van der Waals surface area contributed by atoms with E-state index in [1.807, 2.05) is 6.92 Å². The molecule has 1 saturated heterocycles. The number of rotatable bonds is 5. The molecule has 1 aliphatic heterocycles. The molecule has 1 heterocycles. The summed E-state index contributed by atoms with van der Waals surface area (Å²) in [6.07, 6.45) is 1.41. The van der Waals surface area contributed by atoms with Crippen LogP contribution in [0.5, 0.6) is 5.75 Å². The fourth-order valence-electron chi connectivity index (χ4n) is 3.16. The number of aryl methyl sites for hydroxylation is 2. The summed E-state index contributed by atoms with van der Waals surface area (Å²) in [5.74, 6) is 0.745. The van der Waals surface area contributed by atoms with Gasteiger partial charge in [-0.25, -0.2) is 8.42 Å². The van der Waals surface area contributed by atoms with E-state index in [0.717, 1.165) is 23.2 Å². The molecule has 0 bridgehead atoms. The number of nitrogens with one attached hydrogen (secondary N) is 1. The van der Waals surface area contributed by atoms with E-state index in [9.17, 15) is 13.2 Å². The number of amides is 1. The molecule has 0 radical (unpaired) electrons. The topological polar surface area (TPSA) is 75.7 Å². The fourth-order valence-corrected chi connectivity index (χ4v) is 4.29. The van der Waals surface area contributed by atoms with Crippen molar-refractivity contribution in [2.75, 3.05) is 23.3 Å². The molecule has 2 aromatic rings. The lowest BCUT2D eigenvalue weighted by atomic mass is 10.1. The van der Waals surface area contributed by atoms with E-state index in [4.69, 9.17) is 4.74 Å². The highest BCUT2D eigenvalue weighted by atomic mass is 32.2. The molecule has 0 atom stereocenters. The number of carbonyl (C=O) groups excluding carboxylic acids is 1. The van der Waals surface area contributed by atoms with Gasteiger partial charge in [-0.3, -0.25) is 9.52 Å². The third-order valence-electron chi connectivity index (χ3n) is 4.49. The Balaban J connectivity index is 1.85. The highest BCUT2D eigenvalue weighted by molar-refractivity contribution is 7.92. The van der Waals surface area contributed by atoms with Crippen LogP contribution in [0.15, 0.2) is 41.3 Å². The van der Waals surface area contributed by atoms with E-state index in [0.29, 0.717) is 24.4 Å². The Labute approximate surface area is 153 Å². The molecule has 0 unspecified atom stereocenters. The number of hydrogen-bond donors (Lipinski definition) is 1. The number of hydrogen-bond acceptors (Lipinski definition) is 4. The Bertz CT molecular complexity index is 954. The molecular weight excluding hydrogens is 352 g/mol. The number of sulfonamides is 1. The average molecular weight is 374 g/mol. The zero-order valence-electron chi connectivity index (χ0n) is 15.1. The van der Waals surface area contributed by atoms with E-state index in [1.54, 1.807) is 49.3 Å². The average Bonchev–Trinajstić information content (AvgIpc) is 3.00. The minimum absolute atomic E-state index is 0.107. The molecule has 1 aliphatic rings. The van der Waals surface area contributed by atoms with Gasteiger partial charge in [-0.2, -0.15) is 0 Å². The van der Waals surface area contributed by atoms with E-state index in [1.165, 1.54) is 6.07 Å². The lowest BCUT2D eigenvalue weighted by molar-refractivity contribution is -0.117. The number of methoxy groups -OCH3 is 1. The van der Waals surface area contributed by atoms with Crippen LogP contribution in [0.25, 0.3) is 0 Å². The summed E-state index contributed by atoms with van der Waals surface area (Å²) in [5.41, 5.74) is 2.89. The highest BCUT2D eigenvalue weighted by Crippen LogP contribution is 2.29. The monoisotopic (exact) mass is 374 g/mol. The second-order valence-corrected chi connectivity index (χ2v) is 8.07. The van der Waals surface area contributed by atoms with Crippen LogP contribution in [0.1, 0.15) is 24.0 Å². The largest absolute Gasteiger partial charge is 0.496 e. The standard InChI is InChI=1S/C19H22N2O4S/c1-13-11-15(6-8-17(13)21-10-4-5-19(21)22)20-26(23,24)16-7-9-18(25-3)14(2)12-16/h6-9,11-12,20H,4-5,10H2,1-3H3. The summed E-state index contributed by atoms with van der Waals surface area (Å²) < 4.78 is 33.0. The van der Waals surface area contributed by atoms with Crippen LogP contribution in [0.4, 0.5) is 11.4 Å². The van der Waals surface area contributed by atoms with Crippen molar-refractivity contribution in [2.45, 2.75) is 31.6 Å². The zero-order chi connectivity index (χ0) is 18.9. The maximum Gasteiger partial charge on any atom is 0.261 e. The van der Waals surface area contributed by atoms with E-state index in [-0.39, 0.29) is 10.8 Å². The number of anilines is 2. The Hall–Kier alpha value is -2.54. The minimum atomic E-state index is -3.71. The fraction of sp³-hybridized carbons (Fsp3) is 0.316. The van der Waals surface area contributed by atoms with Gasteiger partial charge >= 0.3 is 0 Å². The molecule has 0 aromatic heterocycles. The molecule has 0 aliphatic carbocycles. The Morgan fingerprint density at radius 2 is 1.85 bits per heavy atom. The SMILES string of the molecule is COc1ccc(S(=O)(=O)Nc2ccc(N3CCCC3=O)c(C)c2)cc1C. The zero-order valence-corrected chi connectivity index (χ0v) is 15.9. The molecule has 1 amide bonds. The molecule has 7 heteroatoms. The third-order valence-corrected chi connectivity index (χ3v) is 5.87. The molecule has 138 valence electrons. The van der Waals surface area contributed by atoms with Gasteiger partial charge in [-0.1, -0.05) is 0 Å². The first kappa shape index (κ1) is 18.3. The van der Waals surface area contributed by atoms with Crippen LogP contribution in [0.3, 0.4) is 0 Å². The maximum absolute atomic E-state index is 12.6. The van der Waals surface area contributed by atoms with Gasteiger partial charge in [0.05, 0.1) is 12.0 Å². The summed E-state index contributed by atoms with van der Waals surface area (Å²) in [6, 6.07) is 9.94. The number of nitrogens with zero attached hydrogens (tertiary/aromatic N) is 1. The molecule has 6 nitrogen and oxygen atoms in total. The van der Waals surface area contributed by atoms with Gasteiger partial charge in [0.1, 0.15) is 5.75 Å². The molecule has 1 N–H and O–H groups in total. The van der Waals surface area contributed by atoms with Gasteiger partial charge in [0.15, 0.2) is 0 Å². The molecular formula is C19H22N2O4S. The molecule has 0 saturated carbocycles. The summed E-state index contributed by atoms with van der Waals surface area (Å²) in [5, 5.41) is 0. The Morgan fingerprint density at radius 1 is 1.08 bits per heavy atom. The summed E-state index contributed by atoms with van der Waals surface area (Å²) in [4.78, 5) is 13.8. The van der Waals surface area contributed by atoms with Crippen molar-refractivity contribution in [3.05, 3.63) is 47.5 Å². The van der Waals surface area contributed by atoms with Crippen LogP contribution >= 0.6 is 0 Å². The predicted molar refractivity (Wildman–Crippen MR) is 101 cm³/mol. The van der Waals surface area contributed by atoms with Gasteiger partial charge in [0.25, 0.3) is 10.0 Å². The first-order chi connectivity index (χ1) is 12.3. The van der Waals surface area contributed by atoms with Crippen LogP contribution in [0, 0.1) is 13.8 Å². The van der Waals surface area contributed by atoms with E-state index < -0.39 is 10.0 Å².